The molecular formula is C15H16O2. The topological polar surface area (TPSA) is 26.3 Å². The second-order valence-corrected chi connectivity index (χ2v) is 4.40. The van der Waals surface area contributed by atoms with E-state index in [0.717, 1.165) is 17.4 Å². The van der Waals surface area contributed by atoms with Gasteiger partial charge in [-0.15, -0.1) is 0 Å². The highest BCUT2D eigenvalue weighted by molar-refractivity contribution is 5.84. The molecule has 0 N–H and O–H groups in total. The van der Waals surface area contributed by atoms with Crippen molar-refractivity contribution in [1.82, 2.24) is 0 Å². The molecule has 0 saturated carbocycles. The first kappa shape index (κ1) is 11.6. The Balaban J connectivity index is 2.36. The van der Waals surface area contributed by atoms with Crippen LogP contribution < -0.4 is 4.74 Å². The molecule has 0 atom stereocenters. The molecule has 2 aromatic carbocycles. The maximum Gasteiger partial charge on any atom is 0.157 e. The van der Waals surface area contributed by atoms with E-state index in [-0.39, 0.29) is 6.61 Å². The molecule has 2 heteroatoms. The highest BCUT2D eigenvalue weighted by atomic mass is 16.5. The molecule has 0 heterocycles. The van der Waals surface area contributed by atoms with Crippen LogP contribution in [0.1, 0.15) is 25.3 Å². The van der Waals surface area contributed by atoms with E-state index >= 15 is 0 Å². The fraction of sp³-hybridized carbons (Fsp3) is 0.267. The van der Waals surface area contributed by atoms with Crippen LogP contribution in [0.5, 0.6) is 5.75 Å². The number of aldehydes is 1. The van der Waals surface area contributed by atoms with Gasteiger partial charge >= 0.3 is 0 Å². The molecule has 0 radical (unpaired) electrons. The molecule has 0 aliphatic carbocycles. The van der Waals surface area contributed by atoms with E-state index < -0.39 is 0 Å². The Kier molecular flexibility index (Phi) is 3.43. The number of fused-ring (bicyclic) bond motifs is 1. The molecule has 0 fully saturated rings. The average molecular weight is 228 g/mol. The Hall–Kier alpha value is -1.83. The van der Waals surface area contributed by atoms with Gasteiger partial charge in [0.1, 0.15) is 12.4 Å². The smallest absolute Gasteiger partial charge is 0.157 e. The zero-order valence-electron chi connectivity index (χ0n) is 10.1. The molecule has 0 spiro atoms. The average Bonchev–Trinajstić information content (AvgIpc) is 2.35. The predicted octanol–water partition coefficient (Wildman–Crippen LogP) is 3.54. The highest BCUT2D eigenvalue weighted by Gasteiger charge is 2.02. The van der Waals surface area contributed by atoms with Crippen molar-refractivity contribution in [2.24, 2.45) is 0 Å². The Labute approximate surface area is 101 Å². The van der Waals surface area contributed by atoms with Gasteiger partial charge in [0.05, 0.1) is 0 Å². The molecule has 0 unspecified atom stereocenters. The quantitative estimate of drug-likeness (QED) is 0.748. The van der Waals surface area contributed by atoms with Crippen LogP contribution in [0.2, 0.25) is 0 Å². The standard InChI is InChI=1S/C15H16O2/c1-11(2)12-3-4-14-10-15(17-8-7-16)6-5-13(14)9-12/h3-7,9-11H,8H2,1-2H3. The number of benzene rings is 2. The summed E-state index contributed by atoms with van der Waals surface area (Å²) in [7, 11) is 0. The third-order valence-electron chi connectivity index (χ3n) is 2.82. The third kappa shape index (κ3) is 2.64. The fourth-order valence-electron chi connectivity index (χ4n) is 1.82. The van der Waals surface area contributed by atoms with Crippen molar-refractivity contribution >= 4 is 17.1 Å². The normalized spacial score (nSPS) is 10.8. The molecule has 2 rings (SSSR count). The van der Waals surface area contributed by atoms with Gasteiger partial charge in [-0.2, -0.15) is 0 Å². The number of hydrogen-bond donors (Lipinski definition) is 0. The zero-order valence-corrected chi connectivity index (χ0v) is 10.1. The van der Waals surface area contributed by atoms with E-state index in [4.69, 9.17) is 4.74 Å². The molecule has 0 saturated heterocycles. The fourth-order valence-corrected chi connectivity index (χ4v) is 1.82. The lowest BCUT2D eigenvalue weighted by molar-refractivity contribution is -0.109. The van der Waals surface area contributed by atoms with Gasteiger partial charge in [-0.25, -0.2) is 0 Å². The molecular weight excluding hydrogens is 212 g/mol. The lowest BCUT2D eigenvalue weighted by Gasteiger charge is -2.08. The third-order valence-corrected chi connectivity index (χ3v) is 2.82. The van der Waals surface area contributed by atoms with Crippen molar-refractivity contribution in [3.63, 3.8) is 0 Å². The molecule has 0 amide bonds. The zero-order chi connectivity index (χ0) is 12.3. The van der Waals surface area contributed by atoms with Crippen LogP contribution >= 0.6 is 0 Å². The van der Waals surface area contributed by atoms with Crippen LogP contribution in [0, 0.1) is 0 Å². The van der Waals surface area contributed by atoms with Gasteiger partial charge in [0.2, 0.25) is 0 Å². The molecule has 0 aliphatic rings. The molecule has 0 bridgehead atoms. The van der Waals surface area contributed by atoms with E-state index in [1.165, 1.54) is 10.9 Å². The van der Waals surface area contributed by atoms with Gasteiger partial charge in [0, 0.05) is 0 Å². The Bertz CT molecular complexity index is 529. The van der Waals surface area contributed by atoms with Crippen LogP contribution in [0.3, 0.4) is 0 Å². The maximum atomic E-state index is 10.2. The first-order valence-corrected chi connectivity index (χ1v) is 5.81. The van der Waals surface area contributed by atoms with Crippen molar-refractivity contribution in [1.29, 1.82) is 0 Å². The van der Waals surface area contributed by atoms with Gasteiger partial charge in [-0.3, -0.25) is 4.79 Å². The number of rotatable bonds is 4. The molecule has 0 aromatic heterocycles. The first-order chi connectivity index (χ1) is 8.20. The number of hydrogen-bond acceptors (Lipinski definition) is 2. The van der Waals surface area contributed by atoms with Gasteiger partial charge < -0.3 is 4.74 Å². The lowest BCUT2D eigenvalue weighted by Crippen LogP contribution is -1.97. The maximum absolute atomic E-state index is 10.2. The number of ether oxygens (including phenoxy) is 1. The molecule has 17 heavy (non-hydrogen) atoms. The summed E-state index contributed by atoms with van der Waals surface area (Å²) in [6.07, 6.45) is 0.756. The molecule has 0 aliphatic heterocycles. The van der Waals surface area contributed by atoms with Crippen molar-refractivity contribution in [2.75, 3.05) is 6.61 Å². The van der Waals surface area contributed by atoms with Gasteiger partial charge in [0.15, 0.2) is 6.29 Å². The predicted molar refractivity (Wildman–Crippen MR) is 69.6 cm³/mol. The van der Waals surface area contributed by atoms with E-state index in [1.807, 2.05) is 18.2 Å². The first-order valence-electron chi connectivity index (χ1n) is 5.81. The number of carbonyl (C=O) groups is 1. The summed E-state index contributed by atoms with van der Waals surface area (Å²) in [6, 6.07) is 12.3. The van der Waals surface area contributed by atoms with Crippen LogP contribution in [-0.4, -0.2) is 12.9 Å². The Morgan fingerprint density at radius 2 is 1.82 bits per heavy atom. The minimum atomic E-state index is 0.107. The summed E-state index contributed by atoms with van der Waals surface area (Å²) in [6.45, 7) is 4.47. The monoisotopic (exact) mass is 228 g/mol. The van der Waals surface area contributed by atoms with Crippen molar-refractivity contribution in [3.8, 4) is 5.75 Å². The highest BCUT2D eigenvalue weighted by Crippen LogP contribution is 2.24. The minimum Gasteiger partial charge on any atom is -0.486 e. The summed E-state index contributed by atoms with van der Waals surface area (Å²) in [5.41, 5.74) is 1.33. The second kappa shape index (κ2) is 5.00. The van der Waals surface area contributed by atoms with Crippen LogP contribution in [-0.2, 0) is 4.79 Å². The molecule has 2 aromatic rings. The Morgan fingerprint density at radius 3 is 2.53 bits per heavy atom. The summed E-state index contributed by atoms with van der Waals surface area (Å²) in [5, 5.41) is 2.34. The summed E-state index contributed by atoms with van der Waals surface area (Å²) < 4.78 is 5.27. The van der Waals surface area contributed by atoms with E-state index in [2.05, 4.69) is 32.0 Å². The van der Waals surface area contributed by atoms with E-state index in [0.29, 0.717) is 5.92 Å². The van der Waals surface area contributed by atoms with Crippen molar-refractivity contribution < 1.29 is 9.53 Å². The van der Waals surface area contributed by atoms with Gasteiger partial charge in [-0.05, 0) is 34.4 Å². The van der Waals surface area contributed by atoms with Gasteiger partial charge in [-0.1, -0.05) is 38.1 Å². The summed E-state index contributed by atoms with van der Waals surface area (Å²) >= 11 is 0. The van der Waals surface area contributed by atoms with E-state index in [1.54, 1.807) is 0 Å². The molecule has 2 nitrogen and oxygen atoms in total. The SMILES string of the molecule is CC(C)c1ccc2cc(OCC=O)ccc2c1. The Morgan fingerprint density at radius 1 is 1.12 bits per heavy atom. The number of carbonyl (C=O) groups excluding carboxylic acids is 1. The van der Waals surface area contributed by atoms with Crippen LogP contribution in [0.15, 0.2) is 36.4 Å². The van der Waals surface area contributed by atoms with Crippen LogP contribution in [0.25, 0.3) is 10.8 Å². The second-order valence-electron chi connectivity index (χ2n) is 4.40. The van der Waals surface area contributed by atoms with Gasteiger partial charge in [0.25, 0.3) is 0 Å². The van der Waals surface area contributed by atoms with Crippen molar-refractivity contribution in [2.45, 2.75) is 19.8 Å². The minimum absolute atomic E-state index is 0.107. The van der Waals surface area contributed by atoms with Crippen molar-refractivity contribution in [3.05, 3.63) is 42.0 Å². The summed E-state index contributed by atoms with van der Waals surface area (Å²) in [4.78, 5) is 10.2. The van der Waals surface area contributed by atoms with Crippen LogP contribution in [0.4, 0.5) is 0 Å². The van der Waals surface area contributed by atoms with E-state index in [9.17, 15) is 4.79 Å². The summed E-state index contributed by atoms with van der Waals surface area (Å²) in [5.74, 6) is 1.27. The molecule has 88 valence electrons. The lowest BCUT2D eigenvalue weighted by atomic mass is 9.99. The largest absolute Gasteiger partial charge is 0.486 e.